The van der Waals surface area contributed by atoms with E-state index < -0.39 is 5.41 Å². The molecule has 2 aliphatic carbocycles. The lowest BCUT2D eigenvalue weighted by atomic mass is 9.70. The van der Waals surface area contributed by atoms with Crippen LogP contribution in [0.25, 0.3) is 122 Å². The molecule has 1 spiro atoms. The molecule has 0 saturated heterocycles. The summed E-state index contributed by atoms with van der Waals surface area (Å²) in [6.45, 7) is 0. The van der Waals surface area contributed by atoms with Gasteiger partial charge >= 0.3 is 0 Å². The van der Waals surface area contributed by atoms with E-state index in [2.05, 4.69) is 348 Å². The van der Waals surface area contributed by atoms with Crippen LogP contribution in [0.5, 0.6) is 0 Å². The molecule has 0 bridgehead atoms. The number of hydrogen-bond donors (Lipinski definition) is 0. The van der Waals surface area contributed by atoms with Gasteiger partial charge in [-0.1, -0.05) is 255 Å². The van der Waals surface area contributed by atoms with Crippen LogP contribution in [-0.2, 0) is 5.41 Å². The maximum Gasteiger partial charge on any atom is 0.0782 e. The second-order valence-corrected chi connectivity index (χ2v) is 23.5. The number of rotatable bonds is 9. The molecule has 1 unspecified atom stereocenters. The van der Waals surface area contributed by atoms with E-state index in [9.17, 15) is 0 Å². The average molecular weight is 1120 g/mol. The summed E-state index contributed by atoms with van der Waals surface area (Å²) in [6, 6.07) is 124. The molecular weight excluding hydrogens is 1060 g/mol. The maximum absolute atomic E-state index is 2.55. The quantitative estimate of drug-likeness (QED) is 0.140. The molecule has 0 radical (unpaired) electrons. The molecule has 2 aromatic heterocycles. The third-order valence-corrected chi connectivity index (χ3v) is 18.9. The molecule has 16 aromatic rings. The van der Waals surface area contributed by atoms with Gasteiger partial charge in [0.15, 0.2) is 0 Å². The Morgan fingerprint density at radius 1 is 0.250 bits per heavy atom. The Kier molecular flexibility index (Phi) is 11.2. The molecule has 3 nitrogen and oxygen atoms in total. The minimum Gasteiger partial charge on any atom is -0.309 e. The van der Waals surface area contributed by atoms with Crippen molar-refractivity contribution in [3.63, 3.8) is 0 Å². The van der Waals surface area contributed by atoms with Gasteiger partial charge in [0.2, 0.25) is 0 Å². The number of fused-ring (bicyclic) bond motifs is 17. The molecule has 18 rings (SSSR count). The zero-order valence-corrected chi connectivity index (χ0v) is 48.1. The van der Waals surface area contributed by atoms with E-state index in [0.717, 1.165) is 72.9 Å². The van der Waals surface area contributed by atoms with Gasteiger partial charge in [-0.3, -0.25) is 0 Å². The van der Waals surface area contributed by atoms with Gasteiger partial charge in [-0.15, -0.1) is 0 Å². The lowest BCUT2D eigenvalue weighted by Gasteiger charge is -2.31. The van der Waals surface area contributed by atoms with Crippen molar-refractivity contribution in [3.8, 4) is 78.1 Å². The first kappa shape index (κ1) is 49.9. The van der Waals surface area contributed by atoms with Gasteiger partial charge in [-0.25, -0.2) is 0 Å². The summed E-state index contributed by atoms with van der Waals surface area (Å²) in [7, 11) is 0. The van der Waals surface area contributed by atoms with Crippen molar-refractivity contribution in [2.24, 2.45) is 0 Å². The van der Waals surface area contributed by atoms with Crippen LogP contribution in [0.15, 0.2) is 334 Å². The van der Waals surface area contributed by atoms with Crippen molar-refractivity contribution in [2.75, 3.05) is 4.90 Å². The Hall–Kier alpha value is -11.5. The van der Waals surface area contributed by atoms with Crippen molar-refractivity contribution >= 4 is 60.7 Å². The standard InChI is InChI=1S/C85H55N3/c1-5-24-56(25-6-1)58-44-47-64(48-45-58)88-78-41-21-16-34-69(78)70-37-23-43-81(84(70)88)87(77-40-20-15-32-66(77)59-28-9-3-10-29-59)65-53-61(57-26-7-2-8-27-57)52-62(54-65)60-46-49-68-67-33-13-18-38-73(67)85(76(68)55-60)74-39-19-14-35-71(74)82-75(85)50-51-80-83(82)72-36-17-22-42-79(72)86(80)63-30-11-4-12-31-63/h1-55H. The summed E-state index contributed by atoms with van der Waals surface area (Å²) < 4.78 is 4.94. The predicted octanol–water partition coefficient (Wildman–Crippen LogP) is 22.4. The van der Waals surface area contributed by atoms with Crippen molar-refractivity contribution in [2.45, 2.75) is 5.41 Å². The van der Waals surface area contributed by atoms with Crippen LogP contribution in [-0.4, -0.2) is 9.13 Å². The van der Waals surface area contributed by atoms with Crippen LogP contribution in [0.3, 0.4) is 0 Å². The SMILES string of the molecule is c1ccc(-c2ccc(-n3c4ccccc4c4cccc(N(c5cc(-c6ccccc6)cc(-c6ccc7c(c6)C6(c8ccccc8-7)c7ccccc7-c7c6ccc6c7c7ccccc7n6-c6ccccc6)c5)c5ccccc5-c5ccccc5)c43)cc2)cc1. The summed E-state index contributed by atoms with van der Waals surface area (Å²) in [6.07, 6.45) is 0. The number of benzene rings is 14. The first-order valence-corrected chi connectivity index (χ1v) is 30.5. The van der Waals surface area contributed by atoms with Gasteiger partial charge in [0.25, 0.3) is 0 Å². The van der Waals surface area contributed by atoms with Crippen molar-refractivity contribution in [1.82, 2.24) is 9.13 Å². The second-order valence-electron chi connectivity index (χ2n) is 23.5. The lowest BCUT2D eigenvalue weighted by molar-refractivity contribution is 0.794. The van der Waals surface area contributed by atoms with Crippen molar-refractivity contribution in [1.29, 1.82) is 0 Å². The van der Waals surface area contributed by atoms with Gasteiger partial charge in [-0.05, 0) is 162 Å². The summed E-state index contributed by atoms with van der Waals surface area (Å²) in [5.41, 5.74) is 29.2. The first-order chi connectivity index (χ1) is 43.7. The number of anilines is 3. The first-order valence-electron chi connectivity index (χ1n) is 30.5. The predicted molar refractivity (Wildman–Crippen MR) is 368 cm³/mol. The largest absolute Gasteiger partial charge is 0.309 e. The fourth-order valence-corrected chi connectivity index (χ4v) is 15.2. The molecule has 0 amide bonds. The van der Waals surface area contributed by atoms with Gasteiger partial charge in [0.05, 0.1) is 38.9 Å². The summed E-state index contributed by atoms with van der Waals surface area (Å²) in [5, 5.41) is 4.93. The fourth-order valence-electron chi connectivity index (χ4n) is 15.2. The van der Waals surface area contributed by atoms with E-state index in [1.165, 1.54) is 88.2 Å². The Balaban J connectivity index is 0.898. The van der Waals surface area contributed by atoms with Crippen LogP contribution in [0.2, 0.25) is 0 Å². The highest BCUT2D eigenvalue weighted by Crippen LogP contribution is 2.65. The van der Waals surface area contributed by atoms with Crippen molar-refractivity contribution in [3.05, 3.63) is 356 Å². The van der Waals surface area contributed by atoms with E-state index in [-0.39, 0.29) is 0 Å². The number of para-hydroxylation sites is 5. The molecule has 410 valence electrons. The van der Waals surface area contributed by atoms with E-state index in [4.69, 9.17) is 0 Å². The normalized spacial score (nSPS) is 13.7. The zero-order chi connectivity index (χ0) is 57.9. The van der Waals surface area contributed by atoms with Gasteiger partial charge < -0.3 is 14.0 Å². The smallest absolute Gasteiger partial charge is 0.0782 e. The van der Waals surface area contributed by atoms with Crippen LogP contribution >= 0.6 is 0 Å². The molecular formula is C85H55N3. The summed E-state index contributed by atoms with van der Waals surface area (Å²) in [5.74, 6) is 0. The second kappa shape index (κ2) is 19.8. The van der Waals surface area contributed by atoms with Gasteiger partial charge in [-0.2, -0.15) is 0 Å². The Bertz CT molecular complexity index is 5430. The molecule has 3 heteroatoms. The van der Waals surface area contributed by atoms with Crippen molar-refractivity contribution < 1.29 is 0 Å². The fraction of sp³-hybridized carbons (Fsp3) is 0.0118. The van der Waals surface area contributed by atoms with E-state index in [0.29, 0.717) is 0 Å². The molecule has 2 heterocycles. The number of hydrogen-bond acceptors (Lipinski definition) is 1. The third-order valence-electron chi connectivity index (χ3n) is 18.9. The van der Waals surface area contributed by atoms with Gasteiger partial charge in [0.1, 0.15) is 0 Å². The third kappa shape index (κ3) is 7.38. The minimum absolute atomic E-state index is 0.596. The summed E-state index contributed by atoms with van der Waals surface area (Å²) >= 11 is 0. The van der Waals surface area contributed by atoms with Crippen LogP contribution in [0.1, 0.15) is 22.3 Å². The highest BCUT2D eigenvalue weighted by atomic mass is 15.2. The average Bonchev–Trinajstić information content (AvgIpc) is 1.50. The molecule has 0 fully saturated rings. The Morgan fingerprint density at radius 2 is 0.750 bits per heavy atom. The van der Waals surface area contributed by atoms with Crippen LogP contribution < -0.4 is 4.90 Å². The molecule has 2 aliphatic rings. The zero-order valence-electron chi connectivity index (χ0n) is 48.1. The van der Waals surface area contributed by atoms with E-state index >= 15 is 0 Å². The van der Waals surface area contributed by atoms with E-state index in [1.54, 1.807) is 0 Å². The van der Waals surface area contributed by atoms with E-state index in [1.807, 2.05) is 0 Å². The minimum atomic E-state index is -0.596. The monoisotopic (exact) mass is 1120 g/mol. The number of nitrogens with zero attached hydrogens (tertiary/aromatic N) is 3. The Labute approximate surface area is 511 Å². The highest BCUT2D eigenvalue weighted by molar-refractivity contribution is 6.19. The number of aromatic nitrogens is 2. The molecule has 88 heavy (non-hydrogen) atoms. The Morgan fingerprint density at radius 3 is 1.48 bits per heavy atom. The van der Waals surface area contributed by atoms with Crippen LogP contribution in [0.4, 0.5) is 17.1 Å². The molecule has 0 aliphatic heterocycles. The molecule has 0 saturated carbocycles. The topological polar surface area (TPSA) is 13.1 Å². The highest BCUT2D eigenvalue weighted by Gasteiger charge is 2.52. The molecule has 14 aromatic carbocycles. The maximum atomic E-state index is 2.55. The lowest BCUT2D eigenvalue weighted by Crippen LogP contribution is -2.25. The molecule has 0 N–H and O–H groups in total. The molecule has 1 atom stereocenters. The summed E-state index contributed by atoms with van der Waals surface area (Å²) in [4.78, 5) is 2.54. The van der Waals surface area contributed by atoms with Crippen LogP contribution in [0, 0.1) is 0 Å². The van der Waals surface area contributed by atoms with Gasteiger partial charge in [0, 0.05) is 44.2 Å².